The van der Waals surface area contributed by atoms with Crippen LogP contribution in [-0.4, -0.2) is 6.21 Å². The highest BCUT2D eigenvalue weighted by molar-refractivity contribution is 5.76. The van der Waals surface area contributed by atoms with E-state index in [-0.39, 0.29) is 0 Å². The quantitative estimate of drug-likeness (QED) is 0.440. The molecule has 1 N–H and O–H groups in total. The lowest BCUT2D eigenvalue weighted by molar-refractivity contribution is 0.806. The van der Waals surface area contributed by atoms with Crippen molar-refractivity contribution in [3.05, 3.63) is 24.3 Å². The molecule has 0 aliphatic rings. The van der Waals surface area contributed by atoms with Gasteiger partial charge in [0.25, 0.3) is 0 Å². The van der Waals surface area contributed by atoms with Gasteiger partial charge in [-0.2, -0.15) is 0 Å². The number of nitrogens with one attached hydrogen (secondary N) is 1. The maximum Gasteiger partial charge on any atom is 0.0212 e. The molecule has 0 heterocycles. The molecule has 0 unspecified atom stereocenters. The van der Waals surface area contributed by atoms with Crippen molar-refractivity contribution in [3.8, 4) is 0 Å². The molecule has 0 fully saturated rings. The van der Waals surface area contributed by atoms with E-state index >= 15 is 0 Å². The van der Waals surface area contributed by atoms with Crippen molar-refractivity contribution in [2.45, 2.75) is 13.8 Å². The number of hydrogen-bond donors (Lipinski definition) is 1. The van der Waals surface area contributed by atoms with E-state index < -0.39 is 0 Å². The van der Waals surface area contributed by atoms with Crippen molar-refractivity contribution in [3.63, 3.8) is 0 Å². The third-order valence-corrected chi connectivity index (χ3v) is 1.14. The number of hydrogen-bond acceptors (Lipinski definition) is 1. The van der Waals surface area contributed by atoms with Crippen molar-refractivity contribution in [2.75, 3.05) is 0 Å². The maximum atomic E-state index is 6.95. The third kappa shape index (κ3) is 2.85. The van der Waals surface area contributed by atoms with Crippen LogP contribution in [0.1, 0.15) is 13.8 Å². The first-order valence-corrected chi connectivity index (χ1v) is 3.05. The van der Waals surface area contributed by atoms with Gasteiger partial charge in [-0.25, -0.2) is 0 Å². The molecular weight excluding hydrogens is 110 g/mol. The van der Waals surface area contributed by atoms with Crippen LogP contribution in [0, 0.1) is 11.3 Å². The Morgan fingerprint density at radius 3 is 2.22 bits per heavy atom. The average Bonchev–Trinajstić information content (AvgIpc) is 1.82. The Balaban J connectivity index is 4.13. The van der Waals surface area contributed by atoms with E-state index in [0.717, 1.165) is 5.57 Å². The van der Waals surface area contributed by atoms with E-state index in [2.05, 4.69) is 20.4 Å². The van der Waals surface area contributed by atoms with Crippen LogP contribution in [-0.2, 0) is 0 Å². The predicted molar refractivity (Wildman–Crippen MR) is 41.9 cm³/mol. The van der Waals surface area contributed by atoms with Gasteiger partial charge in [-0.05, 0) is 11.5 Å². The molecule has 0 amide bonds. The average molecular weight is 123 g/mol. The van der Waals surface area contributed by atoms with Gasteiger partial charge >= 0.3 is 0 Å². The summed E-state index contributed by atoms with van der Waals surface area (Å²) in [6, 6.07) is 0. The van der Waals surface area contributed by atoms with Gasteiger partial charge in [-0.15, -0.1) is 0 Å². The van der Waals surface area contributed by atoms with Gasteiger partial charge in [-0.3, -0.25) is 0 Å². The van der Waals surface area contributed by atoms with Crippen molar-refractivity contribution in [1.82, 2.24) is 0 Å². The highest BCUT2D eigenvalue weighted by Crippen LogP contribution is 2.05. The Bertz CT molecular complexity index is 132. The van der Waals surface area contributed by atoms with Crippen LogP contribution in [0.4, 0.5) is 0 Å². The summed E-state index contributed by atoms with van der Waals surface area (Å²) < 4.78 is 0. The van der Waals surface area contributed by atoms with Gasteiger partial charge in [0.15, 0.2) is 0 Å². The minimum Gasteiger partial charge on any atom is -0.308 e. The van der Waals surface area contributed by atoms with Crippen LogP contribution in [0.2, 0.25) is 0 Å². The number of rotatable bonds is 3. The fraction of sp³-hybridized carbons (Fsp3) is 0.375. The van der Waals surface area contributed by atoms with Crippen molar-refractivity contribution < 1.29 is 0 Å². The van der Waals surface area contributed by atoms with Gasteiger partial charge in [0, 0.05) is 6.21 Å². The number of allylic oxidation sites excluding steroid dienone is 3. The highest BCUT2D eigenvalue weighted by Gasteiger charge is 1.95. The molecule has 0 atom stereocenters. The normalized spacial score (nSPS) is 11.7. The monoisotopic (exact) mass is 123 g/mol. The summed E-state index contributed by atoms with van der Waals surface area (Å²) in [5.41, 5.74) is 1.02. The van der Waals surface area contributed by atoms with Crippen LogP contribution in [0.15, 0.2) is 24.3 Å². The minimum absolute atomic E-state index is 0.431. The zero-order valence-electron chi connectivity index (χ0n) is 6.02. The van der Waals surface area contributed by atoms with Crippen LogP contribution in [0.5, 0.6) is 0 Å². The molecular formula is C8H13N. The van der Waals surface area contributed by atoms with E-state index in [9.17, 15) is 0 Å². The maximum absolute atomic E-state index is 6.95. The highest BCUT2D eigenvalue weighted by atomic mass is 14.3. The van der Waals surface area contributed by atoms with Crippen LogP contribution in [0.3, 0.4) is 0 Å². The fourth-order valence-electron chi connectivity index (χ4n) is 0.543. The first-order chi connectivity index (χ1) is 4.22. The molecule has 0 rings (SSSR count). The van der Waals surface area contributed by atoms with E-state index in [1.807, 2.05) is 6.08 Å². The largest absolute Gasteiger partial charge is 0.308 e. The Morgan fingerprint density at radius 2 is 2.11 bits per heavy atom. The lowest BCUT2D eigenvalue weighted by atomic mass is 10.0. The molecule has 9 heavy (non-hydrogen) atoms. The SMILES string of the molecule is C=C/C=C(\C=N)C(C)C. The van der Waals surface area contributed by atoms with E-state index in [0.29, 0.717) is 5.92 Å². The second-order valence-corrected chi connectivity index (χ2v) is 2.20. The molecule has 50 valence electrons. The summed E-state index contributed by atoms with van der Waals surface area (Å²) in [7, 11) is 0. The summed E-state index contributed by atoms with van der Waals surface area (Å²) >= 11 is 0. The molecule has 0 radical (unpaired) electrons. The van der Waals surface area contributed by atoms with Crippen molar-refractivity contribution in [2.24, 2.45) is 5.92 Å². The minimum atomic E-state index is 0.431. The molecule has 1 heteroatoms. The summed E-state index contributed by atoms with van der Waals surface area (Å²) in [4.78, 5) is 0. The Morgan fingerprint density at radius 1 is 1.56 bits per heavy atom. The predicted octanol–water partition coefficient (Wildman–Crippen LogP) is 2.40. The van der Waals surface area contributed by atoms with Gasteiger partial charge in [0.05, 0.1) is 0 Å². The van der Waals surface area contributed by atoms with Gasteiger partial charge in [0.2, 0.25) is 0 Å². The Labute approximate surface area is 56.6 Å². The molecule has 0 saturated carbocycles. The lowest BCUT2D eigenvalue weighted by Gasteiger charge is -2.01. The summed E-state index contributed by atoms with van der Waals surface area (Å²) in [5, 5.41) is 6.95. The Kier molecular flexibility index (Phi) is 3.69. The Hall–Kier alpha value is -0.850. The molecule has 0 bridgehead atoms. The van der Waals surface area contributed by atoms with Crippen LogP contribution < -0.4 is 0 Å². The summed E-state index contributed by atoms with van der Waals surface area (Å²) in [5.74, 6) is 0.431. The fourth-order valence-corrected chi connectivity index (χ4v) is 0.543. The second-order valence-electron chi connectivity index (χ2n) is 2.20. The van der Waals surface area contributed by atoms with Crippen molar-refractivity contribution in [1.29, 1.82) is 5.41 Å². The standard InChI is InChI=1S/C8H13N/c1-4-5-8(6-9)7(2)3/h4-7,9H,1H2,2-3H3/b8-5+,9-6?. The van der Waals surface area contributed by atoms with Gasteiger partial charge in [0.1, 0.15) is 0 Å². The zero-order valence-corrected chi connectivity index (χ0v) is 6.02. The van der Waals surface area contributed by atoms with Crippen molar-refractivity contribution >= 4 is 6.21 Å². The molecule has 0 saturated heterocycles. The molecule has 0 aromatic heterocycles. The molecule has 1 nitrogen and oxygen atoms in total. The van der Waals surface area contributed by atoms with Gasteiger partial charge in [-0.1, -0.05) is 32.6 Å². The summed E-state index contributed by atoms with van der Waals surface area (Å²) in [6.07, 6.45) is 4.93. The molecule has 0 spiro atoms. The van der Waals surface area contributed by atoms with E-state index in [1.54, 1.807) is 6.08 Å². The third-order valence-electron chi connectivity index (χ3n) is 1.14. The van der Waals surface area contributed by atoms with Crippen LogP contribution >= 0.6 is 0 Å². The van der Waals surface area contributed by atoms with Gasteiger partial charge < -0.3 is 5.41 Å². The first kappa shape index (κ1) is 8.15. The topological polar surface area (TPSA) is 23.9 Å². The van der Waals surface area contributed by atoms with E-state index in [4.69, 9.17) is 5.41 Å². The van der Waals surface area contributed by atoms with E-state index in [1.165, 1.54) is 6.21 Å². The smallest absolute Gasteiger partial charge is 0.0212 e. The second kappa shape index (κ2) is 4.07. The lowest BCUT2D eigenvalue weighted by Crippen LogP contribution is -1.93. The first-order valence-electron chi connectivity index (χ1n) is 3.05. The van der Waals surface area contributed by atoms with Crippen LogP contribution in [0.25, 0.3) is 0 Å². The molecule has 0 aliphatic heterocycles. The molecule has 0 aromatic carbocycles. The zero-order chi connectivity index (χ0) is 7.28. The molecule has 0 aromatic rings. The molecule has 0 aliphatic carbocycles. The summed E-state index contributed by atoms with van der Waals surface area (Å²) in [6.45, 7) is 7.66.